The van der Waals surface area contributed by atoms with Crippen LogP contribution < -0.4 is 20.1 Å². The average molecular weight is 466 g/mol. The molecule has 2 aromatic carbocycles. The minimum atomic E-state index is -4.38. The molecule has 2 aromatic rings. The summed E-state index contributed by atoms with van der Waals surface area (Å²) in [5.41, 5.74) is 1.68. The highest BCUT2D eigenvalue weighted by Gasteiger charge is 2.22. The lowest BCUT2D eigenvalue weighted by atomic mass is 9.86. The van der Waals surface area contributed by atoms with Gasteiger partial charge in [0.25, 0.3) is 15.9 Å². The number of halogens is 1. The summed E-state index contributed by atoms with van der Waals surface area (Å²) < 4.78 is 45.5. The van der Waals surface area contributed by atoms with Crippen molar-refractivity contribution in [3.8, 4) is 5.75 Å². The molecule has 3 amide bonds. The number of benzene rings is 2. The maximum absolute atomic E-state index is 14.1. The van der Waals surface area contributed by atoms with Crippen molar-refractivity contribution in [3.63, 3.8) is 0 Å². The highest BCUT2D eigenvalue weighted by Crippen LogP contribution is 2.28. The van der Waals surface area contributed by atoms with Gasteiger partial charge in [-0.3, -0.25) is 4.79 Å². The van der Waals surface area contributed by atoms with E-state index in [1.165, 1.54) is 20.2 Å². The molecule has 3 N–H and O–H groups in total. The molecule has 0 atom stereocenters. The summed E-state index contributed by atoms with van der Waals surface area (Å²) in [5.74, 6) is -0.895. The molecule has 0 aromatic heterocycles. The monoisotopic (exact) mass is 465 g/mol. The molecule has 2 rings (SSSR count). The lowest BCUT2D eigenvalue weighted by Crippen LogP contribution is -2.37. The van der Waals surface area contributed by atoms with E-state index >= 15 is 0 Å². The Morgan fingerprint density at radius 3 is 2.38 bits per heavy atom. The first-order valence-corrected chi connectivity index (χ1v) is 11.4. The molecular formula is C22H28FN3O5S. The van der Waals surface area contributed by atoms with E-state index in [1.54, 1.807) is 16.9 Å². The second-order valence-corrected chi connectivity index (χ2v) is 9.77. The van der Waals surface area contributed by atoms with Gasteiger partial charge in [0.1, 0.15) is 16.5 Å². The van der Waals surface area contributed by atoms with Crippen LogP contribution >= 0.6 is 0 Å². The van der Waals surface area contributed by atoms with Crippen LogP contribution in [0.15, 0.2) is 41.3 Å². The van der Waals surface area contributed by atoms with Gasteiger partial charge in [-0.1, -0.05) is 32.9 Å². The average Bonchev–Trinajstić information content (AvgIpc) is 2.73. The van der Waals surface area contributed by atoms with Crippen LogP contribution in [0.3, 0.4) is 0 Å². The Balaban J connectivity index is 2.14. The molecule has 0 saturated carbocycles. The Bertz CT molecular complexity index is 1110. The van der Waals surface area contributed by atoms with Gasteiger partial charge in [0.05, 0.1) is 12.7 Å². The van der Waals surface area contributed by atoms with E-state index in [1.807, 2.05) is 26.8 Å². The Morgan fingerprint density at radius 1 is 1.09 bits per heavy atom. The second-order valence-electron chi connectivity index (χ2n) is 8.12. The number of ether oxygens (including phenoxy) is 1. The lowest BCUT2D eigenvalue weighted by molar-refractivity contribution is 0.0951. The smallest absolute Gasteiger partial charge is 0.328 e. The molecule has 32 heavy (non-hydrogen) atoms. The van der Waals surface area contributed by atoms with Crippen molar-refractivity contribution in [2.75, 3.05) is 20.7 Å². The molecule has 0 bridgehead atoms. The molecule has 0 spiro atoms. The zero-order valence-corrected chi connectivity index (χ0v) is 19.5. The van der Waals surface area contributed by atoms with E-state index in [2.05, 4.69) is 10.6 Å². The quantitative estimate of drug-likeness (QED) is 0.582. The van der Waals surface area contributed by atoms with Crippen LogP contribution in [0.4, 0.5) is 9.18 Å². The number of hydrogen-bond donors (Lipinski definition) is 3. The molecule has 8 nitrogen and oxygen atoms in total. The van der Waals surface area contributed by atoms with Crippen molar-refractivity contribution in [1.82, 2.24) is 15.4 Å². The number of methoxy groups -OCH3 is 1. The zero-order valence-electron chi connectivity index (χ0n) is 18.7. The van der Waals surface area contributed by atoms with Crippen LogP contribution in [0, 0.1) is 5.82 Å². The Morgan fingerprint density at radius 2 is 1.78 bits per heavy atom. The maximum Gasteiger partial charge on any atom is 0.328 e. The van der Waals surface area contributed by atoms with Crippen LogP contribution in [-0.4, -0.2) is 41.1 Å². The summed E-state index contributed by atoms with van der Waals surface area (Å²) in [6.07, 6.45) is 0.246. The van der Waals surface area contributed by atoms with Crippen molar-refractivity contribution in [2.24, 2.45) is 0 Å². The van der Waals surface area contributed by atoms with Gasteiger partial charge in [0.2, 0.25) is 0 Å². The third kappa shape index (κ3) is 6.19. The van der Waals surface area contributed by atoms with E-state index < -0.39 is 26.8 Å². The van der Waals surface area contributed by atoms with E-state index in [-0.39, 0.29) is 24.3 Å². The summed E-state index contributed by atoms with van der Waals surface area (Å²) in [7, 11) is -1.65. The fraction of sp³-hybridized carbons (Fsp3) is 0.364. The Labute approximate surface area is 187 Å². The third-order valence-corrected chi connectivity index (χ3v) is 6.09. The minimum absolute atomic E-state index is 0.153. The first kappa shape index (κ1) is 25.1. The largest absolute Gasteiger partial charge is 0.496 e. The van der Waals surface area contributed by atoms with Crippen molar-refractivity contribution in [3.05, 3.63) is 58.9 Å². The zero-order chi connectivity index (χ0) is 24.1. The number of carbonyl (C=O) groups is 2. The van der Waals surface area contributed by atoms with Crippen LogP contribution in [0.25, 0.3) is 0 Å². The predicted octanol–water partition coefficient (Wildman–Crippen LogP) is 2.72. The summed E-state index contributed by atoms with van der Waals surface area (Å²) in [4.78, 5) is 23.4. The maximum atomic E-state index is 14.1. The van der Waals surface area contributed by atoms with Gasteiger partial charge in [0, 0.05) is 13.6 Å². The summed E-state index contributed by atoms with van der Waals surface area (Å²) in [5, 5.41) is 4.87. The summed E-state index contributed by atoms with van der Waals surface area (Å²) in [6.45, 7) is 6.29. The highest BCUT2D eigenvalue weighted by atomic mass is 32.2. The number of rotatable bonds is 7. The van der Waals surface area contributed by atoms with E-state index in [4.69, 9.17) is 4.74 Å². The fourth-order valence-corrected chi connectivity index (χ4v) is 3.99. The molecular weight excluding hydrogens is 437 g/mol. The highest BCUT2D eigenvalue weighted by molar-refractivity contribution is 7.90. The number of amides is 3. The third-order valence-electron chi connectivity index (χ3n) is 4.75. The predicted molar refractivity (Wildman–Crippen MR) is 119 cm³/mol. The van der Waals surface area contributed by atoms with E-state index in [9.17, 15) is 22.4 Å². The summed E-state index contributed by atoms with van der Waals surface area (Å²) in [6, 6.07) is 8.00. The van der Waals surface area contributed by atoms with Crippen LogP contribution in [0.2, 0.25) is 0 Å². The van der Waals surface area contributed by atoms with Crippen LogP contribution in [0.5, 0.6) is 5.75 Å². The van der Waals surface area contributed by atoms with Crippen LogP contribution in [0.1, 0.15) is 42.3 Å². The molecule has 174 valence electrons. The topological polar surface area (TPSA) is 114 Å². The molecule has 0 aliphatic rings. The van der Waals surface area contributed by atoms with Gasteiger partial charge >= 0.3 is 6.03 Å². The number of hydrogen-bond acceptors (Lipinski definition) is 5. The van der Waals surface area contributed by atoms with Crippen molar-refractivity contribution < 1.29 is 27.1 Å². The Kier molecular flexibility index (Phi) is 7.84. The first-order chi connectivity index (χ1) is 14.9. The van der Waals surface area contributed by atoms with Gasteiger partial charge in [-0.25, -0.2) is 22.3 Å². The van der Waals surface area contributed by atoms with E-state index in [0.717, 1.165) is 17.7 Å². The molecule has 0 aliphatic heterocycles. The molecule has 0 saturated heterocycles. The van der Waals surface area contributed by atoms with Gasteiger partial charge in [-0.2, -0.15) is 0 Å². The molecule has 10 heteroatoms. The van der Waals surface area contributed by atoms with Gasteiger partial charge in [0.15, 0.2) is 0 Å². The number of nitrogens with one attached hydrogen (secondary N) is 3. The van der Waals surface area contributed by atoms with Gasteiger partial charge in [-0.15, -0.1) is 0 Å². The van der Waals surface area contributed by atoms with Crippen molar-refractivity contribution in [2.45, 2.75) is 37.5 Å². The van der Waals surface area contributed by atoms with Gasteiger partial charge in [-0.05, 0) is 47.2 Å². The minimum Gasteiger partial charge on any atom is -0.496 e. The SMILES string of the molecule is CNC(=O)NS(=O)(=O)c1cc(CCNC(=O)c2cc(C(C)(C)C)ccc2OC)ccc1F. The number of carbonyl (C=O) groups excluding carboxylic acids is 2. The molecule has 0 radical (unpaired) electrons. The summed E-state index contributed by atoms with van der Waals surface area (Å²) >= 11 is 0. The molecule has 0 fully saturated rings. The van der Waals surface area contributed by atoms with Crippen molar-refractivity contribution >= 4 is 22.0 Å². The molecule has 0 aliphatic carbocycles. The lowest BCUT2D eigenvalue weighted by Gasteiger charge is -2.21. The normalized spacial score (nSPS) is 11.6. The number of sulfonamides is 1. The molecule has 0 unspecified atom stereocenters. The number of urea groups is 1. The molecule has 0 heterocycles. The fourth-order valence-electron chi connectivity index (χ4n) is 2.90. The standard InChI is InChI=1S/C22H28FN3O5S/c1-22(2,3)15-7-9-18(31-5)16(13-15)20(27)25-11-10-14-6-8-17(23)19(12-14)32(29,30)26-21(28)24-4/h6-9,12-13H,10-11H2,1-5H3,(H,25,27)(H2,24,26,28). The second kappa shape index (κ2) is 9.99. The first-order valence-electron chi connectivity index (χ1n) is 9.88. The Hall–Kier alpha value is -3.14. The van der Waals surface area contributed by atoms with Gasteiger partial charge < -0.3 is 15.4 Å². The van der Waals surface area contributed by atoms with Crippen molar-refractivity contribution in [1.29, 1.82) is 0 Å². The van der Waals surface area contributed by atoms with E-state index in [0.29, 0.717) is 16.9 Å². The van der Waals surface area contributed by atoms with Crippen LogP contribution in [-0.2, 0) is 21.9 Å².